The van der Waals surface area contributed by atoms with Gasteiger partial charge >= 0.3 is 6.03 Å². The zero-order chi connectivity index (χ0) is 14.2. The van der Waals surface area contributed by atoms with Crippen LogP contribution >= 0.6 is 0 Å². The van der Waals surface area contributed by atoms with Gasteiger partial charge in [0.05, 0.1) is 33.3 Å². The molecule has 1 aromatic rings. The molecule has 2 amide bonds. The Bertz CT molecular complexity index is 414. The zero-order valence-electron chi connectivity index (χ0n) is 12.1. The van der Waals surface area contributed by atoms with Crippen molar-refractivity contribution in [1.82, 2.24) is 5.32 Å². The Balaban J connectivity index is 1.66. The van der Waals surface area contributed by atoms with Crippen LogP contribution in [0.3, 0.4) is 0 Å². The third-order valence-electron chi connectivity index (χ3n) is 3.67. The summed E-state index contributed by atoms with van der Waals surface area (Å²) in [7, 11) is 1.62. The van der Waals surface area contributed by atoms with Crippen LogP contribution in [0.2, 0.25) is 0 Å². The maximum atomic E-state index is 11.7. The van der Waals surface area contributed by atoms with Gasteiger partial charge in [-0.3, -0.25) is 0 Å². The molecule has 0 atom stereocenters. The molecule has 0 saturated carbocycles. The van der Waals surface area contributed by atoms with Crippen LogP contribution in [0, 0.1) is 0 Å². The topological polar surface area (TPSA) is 54.8 Å². The Labute approximate surface area is 120 Å². The first-order valence-electron chi connectivity index (χ1n) is 7.30. The molecular weight excluding hydrogens is 254 g/mol. The van der Waals surface area contributed by atoms with Gasteiger partial charge in [-0.05, 0) is 43.5 Å². The number of hydrogen-bond donors (Lipinski definition) is 3. The highest BCUT2D eigenvalue weighted by Crippen LogP contribution is 2.14. The smallest absolute Gasteiger partial charge is 0.319 e. The third kappa shape index (κ3) is 4.74. The SMILES string of the molecule is COc1ccc(NC(=O)NCC[NH+]2CCCCC2)cc1. The highest BCUT2D eigenvalue weighted by molar-refractivity contribution is 5.89. The first-order valence-corrected chi connectivity index (χ1v) is 7.30. The highest BCUT2D eigenvalue weighted by Gasteiger charge is 2.13. The normalized spacial score (nSPS) is 15.7. The van der Waals surface area contributed by atoms with Crippen LogP contribution in [0.4, 0.5) is 10.5 Å². The van der Waals surface area contributed by atoms with E-state index in [9.17, 15) is 4.79 Å². The van der Waals surface area contributed by atoms with Gasteiger partial charge in [-0.2, -0.15) is 0 Å². The molecule has 5 nitrogen and oxygen atoms in total. The lowest BCUT2D eigenvalue weighted by Gasteiger charge is -2.23. The van der Waals surface area contributed by atoms with Crippen molar-refractivity contribution in [3.05, 3.63) is 24.3 Å². The van der Waals surface area contributed by atoms with E-state index >= 15 is 0 Å². The van der Waals surface area contributed by atoms with E-state index in [0.717, 1.165) is 24.5 Å². The van der Waals surface area contributed by atoms with Crippen LogP contribution in [0.25, 0.3) is 0 Å². The zero-order valence-corrected chi connectivity index (χ0v) is 12.1. The van der Waals surface area contributed by atoms with E-state index in [-0.39, 0.29) is 6.03 Å². The predicted octanol–water partition coefficient (Wildman–Crippen LogP) is 0.885. The van der Waals surface area contributed by atoms with E-state index in [4.69, 9.17) is 4.74 Å². The van der Waals surface area contributed by atoms with Gasteiger partial charge in [0, 0.05) is 5.69 Å². The number of ether oxygens (including phenoxy) is 1. The molecule has 1 aliphatic heterocycles. The minimum absolute atomic E-state index is 0.147. The van der Waals surface area contributed by atoms with E-state index in [1.807, 2.05) is 24.3 Å². The Kier molecular flexibility index (Phi) is 5.68. The second kappa shape index (κ2) is 7.75. The second-order valence-corrected chi connectivity index (χ2v) is 5.17. The minimum atomic E-state index is -0.147. The van der Waals surface area contributed by atoms with Gasteiger partial charge in [-0.15, -0.1) is 0 Å². The second-order valence-electron chi connectivity index (χ2n) is 5.17. The lowest BCUT2D eigenvalue weighted by Crippen LogP contribution is -3.13. The molecule has 0 unspecified atom stereocenters. The molecule has 0 aliphatic carbocycles. The molecule has 1 aromatic carbocycles. The van der Waals surface area contributed by atoms with Crippen LogP contribution in [0.5, 0.6) is 5.75 Å². The summed E-state index contributed by atoms with van der Waals surface area (Å²) in [5, 5.41) is 5.72. The number of quaternary nitrogens is 1. The molecule has 5 heteroatoms. The molecule has 0 spiro atoms. The molecule has 0 bridgehead atoms. The van der Waals surface area contributed by atoms with Crippen molar-refractivity contribution in [2.45, 2.75) is 19.3 Å². The number of amides is 2. The van der Waals surface area contributed by atoms with Gasteiger partial charge in [0.2, 0.25) is 0 Å². The van der Waals surface area contributed by atoms with Gasteiger partial charge in [0.25, 0.3) is 0 Å². The molecule has 2 rings (SSSR count). The van der Waals surface area contributed by atoms with Gasteiger partial charge < -0.3 is 20.3 Å². The molecule has 1 saturated heterocycles. The molecule has 1 fully saturated rings. The van der Waals surface area contributed by atoms with E-state index in [0.29, 0.717) is 0 Å². The maximum Gasteiger partial charge on any atom is 0.319 e. The van der Waals surface area contributed by atoms with Crippen molar-refractivity contribution in [1.29, 1.82) is 0 Å². The number of carbonyl (C=O) groups excluding carboxylic acids is 1. The fourth-order valence-electron chi connectivity index (χ4n) is 2.50. The Morgan fingerprint density at radius 3 is 2.55 bits per heavy atom. The number of urea groups is 1. The summed E-state index contributed by atoms with van der Waals surface area (Å²) in [6.45, 7) is 4.21. The number of rotatable bonds is 5. The molecule has 20 heavy (non-hydrogen) atoms. The van der Waals surface area contributed by atoms with Gasteiger partial charge in [-0.1, -0.05) is 0 Å². The van der Waals surface area contributed by atoms with E-state index < -0.39 is 0 Å². The molecule has 1 heterocycles. The number of piperidine rings is 1. The van der Waals surface area contributed by atoms with Crippen LogP contribution in [-0.4, -0.2) is 39.3 Å². The van der Waals surface area contributed by atoms with Crippen LogP contribution in [-0.2, 0) is 0 Å². The van der Waals surface area contributed by atoms with Crippen LogP contribution in [0.15, 0.2) is 24.3 Å². The predicted molar refractivity (Wildman–Crippen MR) is 79.4 cm³/mol. The van der Waals surface area contributed by atoms with Gasteiger partial charge in [0.1, 0.15) is 5.75 Å². The van der Waals surface area contributed by atoms with Crippen molar-refractivity contribution in [2.24, 2.45) is 0 Å². The number of benzene rings is 1. The van der Waals surface area contributed by atoms with Crippen molar-refractivity contribution in [2.75, 3.05) is 38.6 Å². The number of methoxy groups -OCH3 is 1. The molecule has 3 N–H and O–H groups in total. The van der Waals surface area contributed by atoms with Gasteiger partial charge in [-0.25, -0.2) is 4.79 Å². The minimum Gasteiger partial charge on any atom is -0.497 e. The summed E-state index contributed by atoms with van der Waals surface area (Å²) in [6.07, 6.45) is 3.98. The number of carbonyl (C=O) groups is 1. The summed E-state index contributed by atoms with van der Waals surface area (Å²) in [4.78, 5) is 13.3. The first kappa shape index (κ1) is 14.7. The summed E-state index contributed by atoms with van der Waals surface area (Å²) in [5.74, 6) is 0.782. The molecule has 1 aliphatic rings. The quantitative estimate of drug-likeness (QED) is 0.749. The largest absolute Gasteiger partial charge is 0.497 e. The summed E-state index contributed by atoms with van der Waals surface area (Å²) in [5.41, 5.74) is 0.772. The maximum absolute atomic E-state index is 11.7. The number of anilines is 1. The monoisotopic (exact) mass is 278 g/mol. The number of nitrogens with one attached hydrogen (secondary N) is 3. The summed E-state index contributed by atoms with van der Waals surface area (Å²) in [6, 6.07) is 7.16. The first-order chi connectivity index (χ1) is 9.78. The van der Waals surface area contributed by atoms with E-state index in [2.05, 4.69) is 10.6 Å². The fraction of sp³-hybridized carbons (Fsp3) is 0.533. The fourth-order valence-corrected chi connectivity index (χ4v) is 2.50. The van der Waals surface area contributed by atoms with Crippen molar-refractivity contribution >= 4 is 11.7 Å². The Hall–Kier alpha value is -1.75. The average Bonchev–Trinajstić information content (AvgIpc) is 2.49. The molecule has 0 aromatic heterocycles. The van der Waals surface area contributed by atoms with E-state index in [1.165, 1.54) is 32.4 Å². The lowest BCUT2D eigenvalue weighted by atomic mass is 10.1. The number of likely N-dealkylation sites (tertiary alicyclic amines) is 1. The van der Waals surface area contributed by atoms with Crippen LogP contribution in [0.1, 0.15) is 19.3 Å². The molecular formula is C15H24N3O2+. The van der Waals surface area contributed by atoms with Crippen molar-refractivity contribution in [3.8, 4) is 5.75 Å². The molecule has 110 valence electrons. The van der Waals surface area contributed by atoms with E-state index in [1.54, 1.807) is 12.0 Å². The van der Waals surface area contributed by atoms with Gasteiger partial charge in [0.15, 0.2) is 0 Å². The Morgan fingerprint density at radius 2 is 1.90 bits per heavy atom. The van der Waals surface area contributed by atoms with Crippen molar-refractivity contribution < 1.29 is 14.4 Å². The highest BCUT2D eigenvalue weighted by atomic mass is 16.5. The van der Waals surface area contributed by atoms with Crippen LogP contribution < -0.4 is 20.3 Å². The third-order valence-corrected chi connectivity index (χ3v) is 3.67. The average molecular weight is 278 g/mol. The Morgan fingerprint density at radius 1 is 1.20 bits per heavy atom. The lowest BCUT2D eigenvalue weighted by molar-refractivity contribution is -0.903. The molecule has 0 radical (unpaired) electrons. The summed E-state index contributed by atoms with van der Waals surface area (Å²) >= 11 is 0. The standard InChI is InChI=1S/C15H23N3O2/c1-20-14-7-5-13(6-8-14)17-15(19)16-9-12-18-10-3-2-4-11-18/h5-8H,2-4,9-12H2,1H3,(H2,16,17,19)/p+1. The summed E-state index contributed by atoms with van der Waals surface area (Å²) < 4.78 is 5.08. The van der Waals surface area contributed by atoms with Crippen molar-refractivity contribution in [3.63, 3.8) is 0 Å². The number of hydrogen-bond acceptors (Lipinski definition) is 2.